The zero-order valence-electron chi connectivity index (χ0n) is 12.1. The normalized spacial score (nSPS) is 15.6. The number of para-hydroxylation sites is 1. The Morgan fingerprint density at radius 3 is 2.76 bits per heavy atom. The third kappa shape index (κ3) is 2.90. The van der Waals surface area contributed by atoms with E-state index in [0.717, 1.165) is 36.4 Å². The molecule has 5 heteroatoms. The lowest BCUT2D eigenvalue weighted by molar-refractivity contribution is 0.322. The van der Waals surface area contributed by atoms with Crippen LogP contribution >= 0.6 is 11.6 Å². The van der Waals surface area contributed by atoms with Crippen LogP contribution in [-0.4, -0.2) is 40.0 Å². The zero-order chi connectivity index (χ0) is 14.7. The second-order valence-corrected chi connectivity index (χ2v) is 5.83. The third-order valence-electron chi connectivity index (χ3n) is 4.14. The first-order valence-electron chi connectivity index (χ1n) is 7.50. The molecule has 110 valence electrons. The highest BCUT2D eigenvalue weighted by Crippen LogP contribution is 2.21. The van der Waals surface area contributed by atoms with Gasteiger partial charge in [0.15, 0.2) is 0 Å². The Hall–Kier alpha value is -1.57. The largest absolute Gasteiger partial charge is 0.327 e. The van der Waals surface area contributed by atoms with Gasteiger partial charge in [0.2, 0.25) is 0 Å². The maximum atomic E-state index is 9.23. The monoisotopic (exact) mass is 302 g/mol. The minimum absolute atomic E-state index is 0.551. The average Bonchev–Trinajstić information content (AvgIpc) is 3.12. The summed E-state index contributed by atoms with van der Waals surface area (Å²) in [7, 11) is 0. The standard InChI is InChI=1S/C16H19ClN4/c17-7-6-15-19-16-13(12-18)4-3-5-14(16)21(15)11-10-20-8-1-2-9-20/h3-5H,1-2,6-11H2. The van der Waals surface area contributed by atoms with E-state index < -0.39 is 0 Å². The van der Waals surface area contributed by atoms with Crippen molar-refractivity contribution in [3.63, 3.8) is 0 Å². The molecule has 21 heavy (non-hydrogen) atoms. The van der Waals surface area contributed by atoms with E-state index in [1.807, 2.05) is 18.2 Å². The van der Waals surface area contributed by atoms with E-state index in [2.05, 4.69) is 20.5 Å². The molecule has 0 spiro atoms. The fraction of sp³-hybridized carbons (Fsp3) is 0.500. The van der Waals surface area contributed by atoms with Gasteiger partial charge in [0, 0.05) is 25.4 Å². The summed E-state index contributed by atoms with van der Waals surface area (Å²) in [6.45, 7) is 4.34. The number of rotatable bonds is 5. The third-order valence-corrected chi connectivity index (χ3v) is 4.32. The minimum atomic E-state index is 0.551. The molecule has 0 saturated carbocycles. The Morgan fingerprint density at radius 1 is 1.24 bits per heavy atom. The Kier molecular flexibility index (Phi) is 4.42. The summed E-state index contributed by atoms with van der Waals surface area (Å²) in [5, 5.41) is 9.23. The van der Waals surface area contributed by atoms with Crippen molar-refractivity contribution in [2.45, 2.75) is 25.8 Å². The van der Waals surface area contributed by atoms with Crippen LogP contribution < -0.4 is 0 Å². The summed E-state index contributed by atoms with van der Waals surface area (Å²) in [6.07, 6.45) is 3.34. The van der Waals surface area contributed by atoms with Gasteiger partial charge in [-0.25, -0.2) is 4.98 Å². The molecule has 0 radical (unpaired) electrons. The van der Waals surface area contributed by atoms with Crippen LogP contribution in [0.3, 0.4) is 0 Å². The lowest BCUT2D eigenvalue weighted by atomic mass is 10.2. The second kappa shape index (κ2) is 6.46. The first kappa shape index (κ1) is 14.4. The van der Waals surface area contributed by atoms with E-state index >= 15 is 0 Å². The molecule has 0 unspecified atom stereocenters. The Bertz CT molecular complexity index is 665. The number of halogens is 1. The molecule has 1 aliphatic rings. The molecule has 0 atom stereocenters. The summed E-state index contributed by atoms with van der Waals surface area (Å²) in [5.41, 5.74) is 2.50. The molecule has 1 aromatic heterocycles. The van der Waals surface area contributed by atoms with Gasteiger partial charge in [0.05, 0.1) is 11.1 Å². The van der Waals surface area contributed by atoms with Gasteiger partial charge >= 0.3 is 0 Å². The van der Waals surface area contributed by atoms with Gasteiger partial charge in [-0.2, -0.15) is 5.26 Å². The first-order chi connectivity index (χ1) is 10.3. The van der Waals surface area contributed by atoms with E-state index in [0.29, 0.717) is 11.4 Å². The molecule has 1 aliphatic heterocycles. The van der Waals surface area contributed by atoms with E-state index in [4.69, 9.17) is 11.6 Å². The topological polar surface area (TPSA) is 44.9 Å². The molecule has 1 fully saturated rings. The highest BCUT2D eigenvalue weighted by Gasteiger charge is 2.16. The number of likely N-dealkylation sites (tertiary alicyclic amines) is 1. The van der Waals surface area contributed by atoms with Crippen molar-refractivity contribution in [3.8, 4) is 6.07 Å². The number of nitriles is 1. The molecule has 3 rings (SSSR count). The highest BCUT2D eigenvalue weighted by molar-refractivity contribution is 6.17. The number of aromatic nitrogens is 2. The SMILES string of the molecule is N#Cc1cccc2c1nc(CCCl)n2CCN1CCCC1. The maximum absolute atomic E-state index is 9.23. The van der Waals surface area contributed by atoms with Crippen LogP contribution in [0.1, 0.15) is 24.2 Å². The van der Waals surface area contributed by atoms with Gasteiger partial charge in [0.25, 0.3) is 0 Å². The fourth-order valence-corrected chi connectivity index (χ4v) is 3.23. The minimum Gasteiger partial charge on any atom is -0.327 e. The van der Waals surface area contributed by atoms with Crippen molar-refractivity contribution in [2.75, 3.05) is 25.5 Å². The van der Waals surface area contributed by atoms with Gasteiger partial charge in [-0.3, -0.25) is 0 Å². The predicted octanol–water partition coefficient (Wildman–Crippen LogP) is 2.79. The number of fused-ring (bicyclic) bond motifs is 1. The smallest absolute Gasteiger partial charge is 0.111 e. The summed E-state index contributed by atoms with van der Waals surface area (Å²) >= 11 is 5.91. The molecular formula is C16H19ClN4. The molecule has 2 aromatic rings. The number of hydrogen-bond donors (Lipinski definition) is 0. The van der Waals surface area contributed by atoms with Crippen molar-refractivity contribution >= 4 is 22.6 Å². The molecular weight excluding hydrogens is 284 g/mol. The van der Waals surface area contributed by atoms with Crippen LogP contribution in [0.4, 0.5) is 0 Å². The van der Waals surface area contributed by atoms with Gasteiger partial charge in [-0.15, -0.1) is 11.6 Å². The van der Waals surface area contributed by atoms with Crippen LogP contribution in [0.2, 0.25) is 0 Å². The van der Waals surface area contributed by atoms with Crippen LogP contribution in [0, 0.1) is 11.3 Å². The zero-order valence-corrected chi connectivity index (χ0v) is 12.8. The molecule has 1 saturated heterocycles. The van der Waals surface area contributed by atoms with E-state index in [-0.39, 0.29) is 0 Å². The summed E-state index contributed by atoms with van der Waals surface area (Å²) in [4.78, 5) is 7.15. The van der Waals surface area contributed by atoms with Crippen molar-refractivity contribution in [1.29, 1.82) is 5.26 Å². The predicted molar refractivity (Wildman–Crippen MR) is 84.5 cm³/mol. The lowest BCUT2D eigenvalue weighted by Crippen LogP contribution is -2.24. The Balaban J connectivity index is 1.93. The molecule has 0 N–H and O–H groups in total. The van der Waals surface area contributed by atoms with Crippen molar-refractivity contribution in [1.82, 2.24) is 14.5 Å². The summed E-state index contributed by atoms with van der Waals surface area (Å²) in [5.74, 6) is 1.54. The van der Waals surface area contributed by atoms with E-state index in [1.54, 1.807) is 0 Å². The number of aryl methyl sites for hydroxylation is 1. The molecule has 4 nitrogen and oxygen atoms in total. The molecule has 0 amide bonds. The van der Waals surface area contributed by atoms with Crippen LogP contribution in [-0.2, 0) is 13.0 Å². The van der Waals surface area contributed by atoms with Crippen LogP contribution in [0.25, 0.3) is 11.0 Å². The number of hydrogen-bond acceptors (Lipinski definition) is 3. The van der Waals surface area contributed by atoms with Gasteiger partial charge in [0.1, 0.15) is 17.4 Å². The van der Waals surface area contributed by atoms with Crippen LogP contribution in [0.5, 0.6) is 0 Å². The molecule has 0 bridgehead atoms. The van der Waals surface area contributed by atoms with Crippen molar-refractivity contribution < 1.29 is 0 Å². The fourth-order valence-electron chi connectivity index (χ4n) is 3.06. The highest BCUT2D eigenvalue weighted by atomic mass is 35.5. The second-order valence-electron chi connectivity index (χ2n) is 5.45. The van der Waals surface area contributed by atoms with Gasteiger partial charge in [-0.05, 0) is 38.1 Å². The summed E-state index contributed by atoms with van der Waals surface area (Å²) in [6, 6.07) is 8.03. The van der Waals surface area contributed by atoms with Gasteiger partial charge in [-0.1, -0.05) is 6.07 Å². The average molecular weight is 303 g/mol. The maximum Gasteiger partial charge on any atom is 0.111 e. The molecule has 0 aliphatic carbocycles. The number of imidazole rings is 1. The Morgan fingerprint density at radius 2 is 2.05 bits per heavy atom. The number of nitrogens with zero attached hydrogens (tertiary/aromatic N) is 4. The first-order valence-corrected chi connectivity index (χ1v) is 8.03. The molecule has 2 heterocycles. The van der Waals surface area contributed by atoms with Gasteiger partial charge < -0.3 is 9.47 Å². The Labute approximate surface area is 129 Å². The van der Waals surface area contributed by atoms with E-state index in [1.165, 1.54) is 25.9 Å². The number of benzene rings is 1. The van der Waals surface area contributed by atoms with E-state index in [9.17, 15) is 5.26 Å². The van der Waals surface area contributed by atoms with Crippen molar-refractivity contribution in [2.24, 2.45) is 0 Å². The lowest BCUT2D eigenvalue weighted by Gasteiger charge is -2.16. The van der Waals surface area contributed by atoms with Crippen molar-refractivity contribution in [3.05, 3.63) is 29.6 Å². The summed E-state index contributed by atoms with van der Waals surface area (Å²) < 4.78 is 2.23. The quantitative estimate of drug-likeness (QED) is 0.798. The molecule has 1 aromatic carbocycles. The van der Waals surface area contributed by atoms with Crippen LogP contribution in [0.15, 0.2) is 18.2 Å². The number of alkyl halides is 1.